The maximum atomic E-state index is 5.02. The van der Waals surface area contributed by atoms with Crippen LogP contribution in [-0.2, 0) is 6.42 Å². The van der Waals surface area contributed by atoms with Gasteiger partial charge in [-0.05, 0) is 30.3 Å². The summed E-state index contributed by atoms with van der Waals surface area (Å²) in [7, 11) is 0. The molecule has 1 N–H and O–H groups in total. The smallest absolute Gasteiger partial charge is 0.160 e. The molecule has 2 rings (SSSR count). The first-order valence-electron chi connectivity index (χ1n) is 3.77. The predicted molar refractivity (Wildman–Crippen MR) is 54.2 cm³/mol. The molecule has 0 aliphatic heterocycles. The molecule has 2 aromatic rings. The van der Waals surface area contributed by atoms with Crippen molar-refractivity contribution in [2.24, 2.45) is 0 Å². The summed E-state index contributed by atoms with van der Waals surface area (Å²) in [6.45, 7) is 2.12. The number of aromatic amines is 1. The largest absolute Gasteiger partial charge is 0.322 e. The summed E-state index contributed by atoms with van der Waals surface area (Å²) in [5.41, 5.74) is 2.16. The molecular formula is C8H8N2S2. The van der Waals surface area contributed by atoms with Crippen LogP contribution in [0.15, 0.2) is 12.3 Å². The zero-order valence-electron chi connectivity index (χ0n) is 6.63. The average Bonchev–Trinajstić information content (AvgIpc) is 2.43. The van der Waals surface area contributed by atoms with E-state index in [1.807, 2.05) is 6.20 Å². The van der Waals surface area contributed by atoms with Crippen LogP contribution < -0.4 is 0 Å². The van der Waals surface area contributed by atoms with E-state index < -0.39 is 0 Å². The molecule has 2 nitrogen and oxygen atoms in total. The second-order valence-electron chi connectivity index (χ2n) is 2.56. The van der Waals surface area contributed by atoms with Gasteiger partial charge in [-0.2, -0.15) is 0 Å². The lowest BCUT2D eigenvalue weighted by Gasteiger charge is -1.93. The van der Waals surface area contributed by atoms with E-state index in [4.69, 9.17) is 12.2 Å². The van der Waals surface area contributed by atoms with Crippen LogP contribution in [0.25, 0.3) is 10.3 Å². The first-order valence-corrected chi connectivity index (χ1v) is 5.00. The van der Waals surface area contributed by atoms with Gasteiger partial charge in [-0.25, -0.2) is 4.98 Å². The van der Waals surface area contributed by atoms with Gasteiger partial charge in [0.2, 0.25) is 0 Å². The summed E-state index contributed by atoms with van der Waals surface area (Å²) in [4.78, 5) is 7.29. The Labute approximate surface area is 79.3 Å². The van der Waals surface area contributed by atoms with Crippen molar-refractivity contribution in [3.8, 4) is 0 Å². The standard InChI is InChI=1S/C8H8N2S2/c1-2-5-3-6-7(9-4-5)10-8(11)12-6/h3-4H,2H2,1H3,(H,9,10,11). The average molecular weight is 196 g/mol. The number of pyridine rings is 1. The molecule has 0 bridgehead atoms. The molecule has 2 aromatic heterocycles. The summed E-state index contributed by atoms with van der Waals surface area (Å²) >= 11 is 6.59. The molecule has 0 aromatic carbocycles. The fourth-order valence-electron chi connectivity index (χ4n) is 1.07. The van der Waals surface area contributed by atoms with Crippen molar-refractivity contribution in [2.45, 2.75) is 13.3 Å². The Balaban J connectivity index is 2.74. The Morgan fingerprint density at radius 1 is 1.67 bits per heavy atom. The number of hydrogen-bond acceptors (Lipinski definition) is 3. The number of hydrogen-bond donors (Lipinski definition) is 1. The second-order valence-corrected chi connectivity index (χ2v) is 4.28. The third kappa shape index (κ3) is 1.28. The summed E-state index contributed by atoms with van der Waals surface area (Å²) in [5.74, 6) is 0. The van der Waals surface area contributed by atoms with Crippen molar-refractivity contribution in [3.63, 3.8) is 0 Å². The Morgan fingerprint density at radius 3 is 3.25 bits per heavy atom. The molecule has 2 heterocycles. The van der Waals surface area contributed by atoms with Crippen molar-refractivity contribution in [1.82, 2.24) is 9.97 Å². The van der Waals surface area contributed by atoms with Crippen LogP contribution in [0, 0.1) is 3.95 Å². The molecule has 0 radical (unpaired) electrons. The highest BCUT2D eigenvalue weighted by Gasteiger charge is 1.98. The van der Waals surface area contributed by atoms with Gasteiger partial charge in [0.1, 0.15) is 5.65 Å². The highest BCUT2D eigenvalue weighted by atomic mass is 32.1. The van der Waals surface area contributed by atoms with E-state index in [2.05, 4.69) is 23.0 Å². The second kappa shape index (κ2) is 2.95. The normalized spacial score (nSPS) is 10.8. The van der Waals surface area contributed by atoms with E-state index in [0.717, 1.165) is 20.7 Å². The molecule has 0 aliphatic rings. The Kier molecular flexibility index (Phi) is 1.94. The molecule has 0 saturated heterocycles. The molecule has 0 saturated carbocycles. The van der Waals surface area contributed by atoms with E-state index in [9.17, 15) is 0 Å². The van der Waals surface area contributed by atoms with E-state index >= 15 is 0 Å². The van der Waals surface area contributed by atoms with Crippen LogP contribution in [0.3, 0.4) is 0 Å². The van der Waals surface area contributed by atoms with Crippen molar-refractivity contribution >= 4 is 33.9 Å². The monoisotopic (exact) mass is 196 g/mol. The number of H-pyrrole nitrogens is 1. The van der Waals surface area contributed by atoms with Crippen LogP contribution >= 0.6 is 23.6 Å². The molecule has 0 atom stereocenters. The van der Waals surface area contributed by atoms with Crippen LogP contribution in [-0.4, -0.2) is 9.97 Å². The molecular weight excluding hydrogens is 188 g/mol. The fourth-order valence-corrected chi connectivity index (χ4v) is 2.20. The molecule has 0 amide bonds. The first kappa shape index (κ1) is 7.89. The molecule has 62 valence electrons. The predicted octanol–water partition coefficient (Wildman–Crippen LogP) is 2.92. The Morgan fingerprint density at radius 2 is 2.50 bits per heavy atom. The number of nitrogens with zero attached hydrogens (tertiary/aromatic N) is 1. The van der Waals surface area contributed by atoms with Crippen LogP contribution in [0.4, 0.5) is 0 Å². The van der Waals surface area contributed by atoms with Gasteiger partial charge in [-0.1, -0.05) is 6.92 Å². The molecule has 0 unspecified atom stereocenters. The maximum Gasteiger partial charge on any atom is 0.160 e. The van der Waals surface area contributed by atoms with Gasteiger partial charge in [-0.15, -0.1) is 11.3 Å². The lowest BCUT2D eigenvalue weighted by Crippen LogP contribution is -1.81. The third-order valence-corrected chi connectivity index (χ3v) is 2.91. The number of nitrogens with one attached hydrogen (secondary N) is 1. The quantitative estimate of drug-likeness (QED) is 0.710. The van der Waals surface area contributed by atoms with Gasteiger partial charge < -0.3 is 4.98 Å². The lowest BCUT2D eigenvalue weighted by atomic mass is 10.2. The maximum absolute atomic E-state index is 5.02. The summed E-state index contributed by atoms with van der Waals surface area (Å²) in [6, 6.07) is 2.14. The number of fused-ring (bicyclic) bond motifs is 1. The highest BCUT2D eigenvalue weighted by molar-refractivity contribution is 7.73. The van der Waals surface area contributed by atoms with E-state index in [0.29, 0.717) is 0 Å². The molecule has 0 aliphatic carbocycles. The highest BCUT2D eigenvalue weighted by Crippen LogP contribution is 2.18. The fraction of sp³-hybridized carbons (Fsp3) is 0.250. The van der Waals surface area contributed by atoms with E-state index in [1.165, 1.54) is 5.56 Å². The van der Waals surface area contributed by atoms with Crippen molar-refractivity contribution in [2.75, 3.05) is 0 Å². The lowest BCUT2D eigenvalue weighted by molar-refractivity contribution is 1.12. The SMILES string of the molecule is CCc1cnc2[nH]c(=S)sc2c1. The minimum atomic E-state index is 0.797. The van der Waals surface area contributed by atoms with Gasteiger partial charge in [0.05, 0.1) is 4.70 Å². The topological polar surface area (TPSA) is 28.7 Å². The summed E-state index contributed by atoms with van der Waals surface area (Å²) < 4.78 is 1.95. The summed E-state index contributed by atoms with van der Waals surface area (Å²) in [5, 5.41) is 0. The first-order chi connectivity index (χ1) is 5.79. The number of aryl methyl sites for hydroxylation is 1. The minimum absolute atomic E-state index is 0.797. The third-order valence-electron chi connectivity index (χ3n) is 1.74. The van der Waals surface area contributed by atoms with Crippen LogP contribution in [0.2, 0.25) is 0 Å². The van der Waals surface area contributed by atoms with Gasteiger partial charge in [0, 0.05) is 6.20 Å². The molecule has 4 heteroatoms. The molecule has 12 heavy (non-hydrogen) atoms. The van der Waals surface area contributed by atoms with E-state index in [1.54, 1.807) is 11.3 Å². The number of rotatable bonds is 1. The van der Waals surface area contributed by atoms with Crippen molar-refractivity contribution in [1.29, 1.82) is 0 Å². The number of thiazole rings is 1. The Hall–Kier alpha value is -0.740. The van der Waals surface area contributed by atoms with E-state index in [-0.39, 0.29) is 0 Å². The molecule has 0 fully saturated rings. The van der Waals surface area contributed by atoms with Crippen molar-refractivity contribution in [3.05, 3.63) is 21.8 Å². The zero-order valence-corrected chi connectivity index (χ0v) is 8.26. The van der Waals surface area contributed by atoms with Gasteiger partial charge in [0.25, 0.3) is 0 Å². The van der Waals surface area contributed by atoms with Crippen LogP contribution in [0.1, 0.15) is 12.5 Å². The molecule has 0 spiro atoms. The van der Waals surface area contributed by atoms with Crippen LogP contribution in [0.5, 0.6) is 0 Å². The van der Waals surface area contributed by atoms with Gasteiger partial charge in [0.15, 0.2) is 3.95 Å². The minimum Gasteiger partial charge on any atom is -0.322 e. The Bertz CT molecular complexity index is 455. The van der Waals surface area contributed by atoms with Gasteiger partial charge in [-0.3, -0.25) is 0 Å². The zero-order chi connectivity index (χ0) is 8.55. The summed E-state index contributed by atoms with van der Waals surface area (Å²) in [6.07, 6.45) is 2.91. The van der Waals surface area contributed by atoms with Crippen molar-refractivity contribution < 1.29 is 0 Å². The number of aromatic nitrogens is 2. The van der Waals surface area contributed by atoms with Gasteiger partial charge >= 0.3 is 0 Å².